The van der Waals surface area contributed by atoms with Gasteiger partial charge in [-0.05, 0) is 56.7 Å². The summed E-state index contributed by atoms with van der Waals surface area (Å²) in [4.78, 5) is 38.8. The molecule has 41 heavy (non-hydrogen) atoms. The highest BCUT2D eigenvalue weighted by Gasteiger charge is 2.33. The lowest BCUT2D eigenvalue weighted by Gasteiger charge is -2.32. The number of anilines is 1. The second-order valence-electron chi connectivity index (χ2n) is 9.31. The molecule has 3 aromatic rings. The molecule has 3 aromatic carbocycles. The molecule has 3 rings (SSSR count). The summed E-state index contributed by atoms with van der Waals surface area (Å²) in [6.07, 6.45) is 0.659. The molecule has 0 aliphatic heterocycles. The summed E-state index contributed by atoms with van der Waals surface area (Å²) >= 11 is 12.8. The van der Waals surface area contributed by atoms with Gasteiger partial charge >= 0.3 is 0 Å². The fraction of sp³-hybridized carbons (Fsp3) is 0.286. The van der Waals surface area contributed by atoms with E-state index in [2.05, 4.69) is 5.32 Å². The first-order valence-electron chi connectivity index (χ1n) is 12.7. The second kappa shape index (κ2) is 13.8. The standard InChI is InChI=1S/C28H30Cl2N4O6S/c1-4-19(2)31-28(36)20(3)32(17-24-25(29)11-8-12-26(24)30)27(35)18-33(21-13-15-22(16-14-21)34(37)38)41(39,40)23-9-6-5-7-10-23/h5-16,19-20H,4,17-18H2,1-3H3,(H,31,36). The molecule has 0 aliphatic rings. The van der Waals surface area contributed by atoms with E-state index in [1.54, 1.807) is 24.3 Å². The van der Waals surface area contributed by atoms with Gasteiger partial charge in [-0.25, -0.2) is 8.42 Å². The van der Waals surface area contributed by atoms with Crippen LogP contribution in [0.2, 0.25) is 10.0 Å². The first kappa shape index (κ1) is 31.9. The molecule has 2 unspecified atom stereocenters. The second-order valence-corrected chi connectivity index (χ2v) is 12.0. The number of carbonyl (C=O) groups excluding carboxylic acids is 2. The molecular formula is C28H30Cl2N4O6S. The SMILES string of the molecule is CCC(C)NC(=O)C(C)N(Cc1c(Cl)cccc1Cl)C(=O)CN(c1ccc([N+](=O)[O-])cc1)S(=O)(=O)c1ccccc1. The highest BCUT2D eigenvalue weighted by molar-refractivity contribution is 7.92. The van der Waals surface area contributed by atoms with Crippen LogP contribution < -0.4 is 9.62 Å². The summed E-state index contributed by atoms with van der Waals surface area (Å²) in [7, 11) is -4.31. The van der Waals surface area contributed by atoms with Crippen LogP contribution in [-0.4, -0.2) is 48.7 Å². The molecule has 1 N–H and O–H groups in total. The third-order valence-corrected chi connectivity index (χ3v) is 9.01. The lowest BCUT2D eigenvalue weighted by atomic mass is 10.1. The van der Waals surface area contributed by atoms with Crippen LogP contribution in [0.5, 0.6) is 0 Å². The minimum Gasteiger partial charge on any atom is -0.352 e. The predicted octanol–water partition coefficient (Wildman–Crippen LogP) is 5.43. The van der Waals surface area contributed by atoms with Crippen LogP contribution in [0.15, 0.2) is 77.7 Å². The Hall–Kier alpha value is -3.67. The van der Waals surface area contributed by atoms with Crippen molar-refractivity contribution in [2.24, 2.45) is 0 Å². The van der Waals surface area contributed by atoms with Crippen molar-refractivity contribution < 1.29 is 22.9 Å². The number of carbonyl (C=O) groups is 2. The van der Waals surface area contributed by atoms with E-state index < -0.39 is 39.3 Å². The highest BCUT2D eigenvalue weighted by Crippen LogP contribution is 2.29. The van der Waals surface area contributed by atoms with Crippen molar-refractivity contribution in [3.05, 3.63) is 98.5 Å². The number of halogens is 2. The van der Waals surface area contributed by atoms with Crippen LogP contribution in [0, 0.1) is 10.1 Å². The summed E-state index contributed by atoms with van der Waals surface area (Å²) in [5.74, 6) is -1.16. The summed E-state index contributed by atoms with van der Waals surface area (Å²) in [6, 6.07) is 15.9. The lowest BCUT2D eigenvalue weighted by molar-refractivity contribution is -0.384. The van der Waals surface area contributed by atoms with Crippen LogP contribution in [-0.2, 0) is 26.2 Å². The van der Waals surface area contributed by atoms with Crippen LogP contribution in [0.1, 0.15) is 32.8 Å². The fourth-order valence-electron chi connectivity index (χ4n) is 3.89. The van der Waals surface area contributed by atoms with Gasteiger partial charge in [-0.3, -0.25) is 24.0 Å². The Morgan fingerprint density at radius 2 is 1.54 bits per heavy atom. The van der Waals surface area contributed by atoms with E-state index in [-0.39, 0.29) is 38.9 Å². The van der Waals surface area contributed by atoms with Crippen molar-refractivity contribution in [2.45, 2.75) is 50.7 Å². The van der Waals surface area contributed by atoms with Crippen LogP contribution in [0.3, 0.4) is 0 Å². The van der Waals surface area contributed by atoms with Gasteiger partial charge < -0.3 is 10.2 Å². The molecule has 0 saturated carbocycles. The van der Waals surface area contributed by atoms with Gasteiger partial charge in [0.05, 0.1) is 15.5 Å². The molecule has 0 bridgehead atoms. The molecule has 10 nitrogen and oxygen atoms in total. The van der Waals surface area contributed by atoms with Crippen LogP contribution >= 0.6 is 23.2 Å². The zero-order valence-electron chi connectivity index (χ0n) is 22.7. The van der Waals surface area contributed by atoms with E-state index in [4.69, 9.17) is 23.2 Å². The number of hydrogen-bond acceptors (Lipinski definition) is 6. The van der Waals surface area contributed by atoms with E-state index in [0.29, 0.717) is 12.0 Å². The minimum absolute atomic E-state index is 0.0280. The molecule has 0 heterocycles. The highest BCUT2D eigenvalue weighted by atomic mass is 35.5. The van der Waals surface area contributed by atoms with Crippen molar-refractivity contribution >= 4 is 56.4 Å². The van der Waals surface area contributed by atoms with Crippen LogP contribution in [0.4, 0.5) is 11.4 Å². The van der Waals surface area contributed by atoms with Gasteiger partial charge in [0, 0.05) is 40.3 Å². The number of nitrogens with zero attached hydrogens (tertiary/aromatic N) is 3. The van der Waals surface area contributed by atoms with Crippen molar-refractivity contribution in [1.29, 1.82) is 0 Å². The molecule has 0 aromatic heterocycles. The molecule has 2 atom stereocenters. The zero-order chi connectivity index (χ0) is 30.3. The molecule has 2 amide bonds. The van der Waals surface area contributed by atoms with Gasteiger partial charge in [-0.1, -0.05) is 54.4 Å². The summed E-state index contributed by atoms with van der Waals surface area (Å²) in [6.45, 7) is 4.37. The molecule has 0 radical (unpaired) electrons. The minimum atomic E-state index is -4.31. The maximum absolute atomic E-state index is 14.0. The number of nitrogens with one attached hydrogen (secondary N) is 1. The van der Waals surface area contributed by atoms with Crippen molar-refractivity contribution in [2.75, 3.05) is 10.8 Å². The number of nitro benzene ring substituents is 1. The quantitative estimate of drug-likeness (QED) is 0.212. The molecule has 0 spiro atoms. The third kappa shape index (κ3) is 7.75. The largest absolute Gasteiger partial charge is 0.352 e. The normalized spacial score (nSPS) is 12.7. The number of amides is 2. The van der Waals surface area contributed by atoms with Gasteiger partial charge in [-0.2, -0.15) is 0 Å². The van der Waals surface area contributed by atoms with Gasteiger partial charge in [0.15, 0.2) is 0 Å². The average Bonchev–Trinajstić information content (AvgIpc) is 2.95. The molecule has 218 valence electrons. The van der Waals surface area contributed by atoms with E-state index in [0.717, 1.165) is 16.4 Å². The Morgan fingerprint density at radius 1 is 0.951 bits per heavy atom. The van der Waals surface area contributed by atoms with Gasteiger partial charge in [0.1, 0.15) is 12.6 Å². The zero-order valence-corrected chi connectivity index (χ0v) is 25.0. The Kier molecular flexibility index (Phi) is 10.7. The first-order chi connectivity index (χ1) is 19.4. The van der Waals surface area contributed by atoms with E-state index in [1.165, 1.54) is 48.2 Å². The van der Waals surface area contributed by atoms with Crippen LogP contribution in [0.25, 0.3) is 0 Å². The Bertz CT molecular complexity index is 1480. The number of rotatable bonds is 12. The number of hydrogen-bond donors (Lipinski definition) is 1. The van der Waals surface area contributed by atoms with E-state index in [9.17, 15) is 28.1 Å². The smallest absolute Gasteiger partial charge is 0.269 e. The van der Waals surface area contributed by atoms with Crippen molar-refractivity contribution in [1.82, 2.24) is 10.2 Å². The molecule has 0 saturated heterocycles. The average molecular weight is 622 g/mol. The van der Waals surface area contributed by atoms with Crippen molar-refractivity contribution in [3.63, 3.8) is 0 Å². The van der Waals surface area contributed by atoms with E-state index in [1.807, 2.05) is 13.8 Å². The summed E-state index contributed by atoms with van der Waals surface area (Å²) in [5, 5.41) is 14.6. The number of non-ortho nitro benzene ring substituents is 1. The number of benzene rings is 3. The topological polar surface area (TPSA) is 130 Å². The summed E-state index contributed by atoms with van der Waals surface area (Å²) < 4.78 is 28.4. The van der Waals surface area contributed by atoms with Gasteiger partial charge in [-0.15, -0.1) is 0 Å². The lowest BCUT2D eigenvalue weighted by Crippen LogP contribution is -2.52. The molecule has 0 aliphatic carbocycles. The maximum atomic E-state index is 14.0. The van der Waals surface area contributed by atoms with Gasteiger partial charge in [0.25, 0.3) is 15.7 Å². The van der Waals surface area contributed by atoms with Gasteiger partial charge in [0.2, 0.25) is 11.8 Å². The first-order valence-corrected chi connectivity index (χ1v) is 14.9. The van der Waals surface area contributed by atoms with E-state index >= 15 is 0 Å². The van der Waals surface area contributed by atoms with Crippen molar-refractivity contribution in [3.8, 4) is 0 Å². The monoisotopic (exact) mass is 620 g/mol. The predicted molar refractivity (Wildman–Crippen MR) is 158 cm³/mol. The molecule has 13 heteroatoms. The Labute approximate surface area is 249 Å². The Balaban J connectivity index is 2.07. The number of sulfonamides is 1. The maximum Gasteiger partial charge on any atom is 0.269 e. The molecule has 0 fully saturated rings. The third-order valence-electron chi connectivity index (χ3n) is 6.52. The number of nitro groups is 1. The fourth-order valence-corrected chi connectivity index (χ4v) is 5.84. The molecular weight excluding hydrogens is 591 g/mol. The summed E-state index contributed by atoms with van der Waals surface area (Å²) in [5.41, 5.74) is 0.169. The Morgan fingerprint density at radius 3 is 2.07 bits per heavy atom.